The molecule has 0 aromatic heterocycles. The Hall–Kier alpha value is -3.29. The Bertz CT molecular complexity index is 1120. The van der Waals surface area contributed by atoms with Crippen molar-refractivity contribution in [1.29, 1.82) is 0 Å². The molecule has 3 N–H and O–H groups in total. The number of benzene rings is 3. The molecule has 3 aromatic carbocycles. The number of carbonyl (C=O) groups excluding carboxylic acids is 1. The molecule has 0 aliphatic rings. The standard InChI is InChI=1S/C29H34F2N2O3/c1-3-12-36-26-10-8-23(9-11-26)29(35)33(18-21-7-5-6-20(4-2)13-21)19-28(34)27(32)16-22-14-24(30)17-25(31)15-22/h5-11,13-15,17,27-28,34H,3-4,12,16,18-19,32H2,1-2H3. The molecule has 0 aliphatic carbocycles. The summed E-state index contributed by atoms with van der Waals surface area (Å²) in [5.41, 5.74) is 9.06. The highest BCUT2D eigenvalue weighted by Crippen LogP contribution is 2.18. The maximum atomic E-state index is 13.6. The fraction of sp³-hybridized carbons (Fsp3) is 0.345. The van der Waals surface area contributed by atoms with Gasteiger partial charge in [0.25, 0.3) is 5.91 Å². The summed E-state index contributed by atoms with van der Waals surface area (Å²) >= 11 is 0. The molecule has 3 rings (SSSR count). The zero-order chi connectivity index (χ0) is 26.1. The van der Waals surface area contributed by atoms with E-state index >= 15 is 0 Å². The lowest BCUT2D eigenvalue weighted by Crippen LogP contribution is -2.46. The zero-order valence-electron chi connectivity index (χ0n) is 20.8. The van der Waals surface area contributed by atoms with E-state index in [9.17, 15) is 18.7 Å². The molecule has 3 aromatic rings. The van der Waals surface area contributed by atoms with Crippen molar-refractivity contribution in [1.82, 2.24) is 4.90 Å². The SMILES string of the molecule is CCCOc1ccc(C(=O)N(Cc2cccc(CC)c2)CC(O)C(N)Cc2cc(F)cc(F)c2)cc1. The van der Waals surface area contributed by atoms with Gasteiger partial charge < -0.3 is 20.5 Å². The highest BCUT2D eigenvalue weighted by atomic mass is 19.1. The molecular formula is C29H34F2N2O3. The van der Waals surface area contributed by atoms with E-state index in [1.165, 1.54) is 12.1 Å². The summed E-state index contributed by atoms with van der Waals surface area (Å²) in [5.74, 6) is -0.988. The van der Waals surface area contributed by atoms with Crippen LogP contribution in [-0.4, -0.2) is 41.2 Å². The van der Waals surface area contributed by atoms with Crippen molar-refractivity contribution < 1.29 is 23.4 Å². The monoisotopic (exact) mass is 496 g/mol. The molecule has 1 amide bonds. The molecule has 5 nitrogen and oxygen atoms in total. The fourth-order valence-corrected chi connectivity index (χ4v) is 3.98. The van der Waals surface area contributed by atoms with Crippen molar-refractivity contribution in [3.63, 3.8) is 0 Å². The Morgan fingerprint density at radius 2 is 1.64 bits per heavy atom. The van der Waals surface area contributed by atoms with Crippen molar-refractivity contribution in [2.24, 2.45) is 5.73 Å². The van der Waals surface area contributed by atoms with Crippen LogP contribution in [0.15, 0.2) is 66.7 Å². The van der Waals surface area contributed by atoms with Crippen LogP contribution in [0, 0.1) is 11.6 Å². The number of aryl methyl sites for hydroxylation is 1. The Morgan fingerprint density at radius 3 is 2.28 bits per heavy atom. The predicted octanol–water partition coefficient (Wildman–Crippen LogP) is 4.89. The summed E-state index contributed by atoms with van der Waals surface area (Å²) in [5, 5.41) is 10.9. The third-order valence-electron chi connectivity index (χ3n) is 5.93. The molecule has 7 heteroatoms. The van der Waals surface area contributed by atoms with E-state index < -0.39 is 23.8 Å². The van der Waals surface area contributed by atoms with Gasteiger partial charge in [0.15, 0.2) is 0 Å². The van der Waals surface area contributed by atoms with Gasteiger partial charge in [-0.1, -0.05) is 38.1 Å². The van der Waals surface area contributed by atoms with Crippen molar-refractivity contribution >= 4 is 5.91 Å². The number of aliphatic hydroxyl groups is 1. The lowest BCUT2D eigenvalue weighted by atomic mass is 10.0. The van der Waals surface area contributed by atoms with Crippen LogP contribution in [-0.2, 0) is 19.4 Å². The van der Waals surface area contributed by atoms with E-state index in [2.05, 4.69) is 6.92 Å². The van der Waals surface area contributed by atoms with Crippen molar-refractivity contribution in [3.05, 3.63) is 101 Å². The van der Waals surface area contributed by atoms with Crippen LogP contribution in [0.4, 0.5) is 8.78 Å². The molecule has 0 saturated heterocycles. The summed E-state index contributed by atoms with van der Waals surface area (Å²) in [7, 11) is 0. The largest absolute Gasteiger partial charge is 0.494 e. The Morgan fingerprint density at radius 1 is 0.972 bits per heavy atom. The van der Waals surface area contributed by atoms with Crippen LogP contribution in [0.3, 0.4) is 0 Å². The summed E-state index contributed by atoms with van der Waals surface area (Å²) in [6.07, 6.45) is 0.693. The topological polar surface area (TPSA) is 75.8 Å². The van der Waals surface area contributed by atoms with Gasteiger partial charge >= 0.3 is 0 Å². The first kappa shape index (κ1) is 27.3. The minimum Gasteiger partial charge on any atom is -0.494 e. The minimum absolute atomic E-state index is 0.0394. The number of aliphatic hydroxyl groups excluding tert-OH is 1. The normalized spacial score (nSPS) is 12.7. The number of hydrogen-bond acceptors (Lipinski definition) is 4. The predicted molar refractivity (Wildman–Crippen MR) is 137 cm³/mol. The second kappa shape index (κ2) is 13.1. The molecule has 0 bridgehead atoms. The van der Waals surface area contributed by atoms with E-state index in [1.54, 1.807) is 29.2 Å². The van der Waals surface area contributed by atoms with Gasteiger partial charge in [-0.15, -0.1) is 0 Å². The van der Waals surface area contributed by atoms with Gasteiger partial charge in [0, 0.05) is 30.8 Å². The van der Waals surface area contributed by atoms with E-state index in [0.717, 1.165) is 30.0 Å². The van der Waals surface area contributed by atoms with E-state index in [0.29, 0.717) is 23.5 Å². The lowest BCUT2D eigenvalue weighted by Gasteiger charge is -2.28. The Balaban J connectivity index is 1.78. The van der Waals surface area contributed by atoms with Crippen LogP contribution in [0.5, 0.6) is 5.75 Å². The molecule has 192 valence electrons. The maximum absolute atomic E-state index is 13.6. The summed E-state index contributed by atoms with van der Waals surface area (Å²) in [4.78, 5) is 15.0. The van der Waals surface area contributed by atoms with Gasteiger partial charge in [0.05, 0.1) is 12.7 Å². The molecule has 0 radical (unpaired) electrons. The smallest absolute Gasteiger partial charge is 0.254 e. The molecule has 36 heavy (non-hydrogen) atoms. The number of amides is 1. The van der Waals surface area contributed by atoms with Gasteiger partial charge in [-0.05, 0) is 72.4 Å². The molecule has 0 heterocycles. The average Bonchev–Trinajstić information content (AvgIpc) is 2.86. The third-order valence-corrected chi connectivity index (χ3v) is 5.93. The number of halogens is 2. The van der Waals surface area contributed by atoms with Gasteiger partial charge in [0.2, 0.25) is 0 Å². The number of ether oxygens (including phenoxy) is 1. The molecule has 0 saturated carbocycles. The maximum Gasteiger partial charge on any atom is 0.254 e. The van der Waals surface area contributed by atoms with Crippen molar-refractivity contribution in [2.75, 3.05) is 13.2 Å². The molecule has 0 fully saturated rings. The second-order valence-electron chi connectivity index (χ2n) is 8.95. The Kier molecular flexibility index (Phi) is 9.96. The van der Waals surface area contributed by atoms with Crippen LogP contribution in [0.25, 0.3) is 0 Å². The highest BCUT2D eigenvalue weighted by Gasteiger charge is 2.24. The number of carbonyl (C=O) groups is 1. The van der Waals surface area contributed by atoms with Crippen LogP contribution < -0.4 is 10.5 Å². The fourth-order valence-electron chi connectivity index (χ4n) is 3.98. The third kappa shape index (κ3) is 7.86. The van der Waals surface area contributed by atoms with Gasteiger partial charge in [0.1, 0.15) is 17.4 Å². The van der Waals surface area contributed by atoms with Gasteiger partial charge in [-0.25, -0.2) is 8.78 Å². The molecular weight excluding hydrogens is 462 g/mol. The van der Waals surface area contributed by atoms with Crippen LogP contribution in [0.2, 0.25) is 0 Å². The number of nitrogens with zero attached hydrogens (tertiary/aromatic N) is 1. The summed E-state index contributed by atoms with van der Waals surface area (Å²) in [6.45, 7) is 4.90. The van der Waals surface area contributed by atoms with E-state index in [-0.39, 0.29) is 25.4 Å². The lowest BCUT2D eigenvalue weighted by molar-refractivity contribution is 0.0554. The van der Waals surface area contributed by atoms with Gasteiger partial charge in [-0.2, -0.15) is 0 Å². The van der Waals surface area contributed by atoms with Crippen molar-refractivity contribution in [2.45, 2.75) is 51.8 Å². The zero-order valence-corrected chi connectivity index (χ0v) is 20.8. The molecule has 2 atom stereocenters. The molecule has 0 aliphatic heterocycles. The number of hydrogen-bond donors (Lipinski definition) is 2. The van der Waals surface area contributed by atoms with Gasteiger partial charge in [-0.3, -0.25) is 4.79 Å². The molecule has 2 unspecified atom stereocenters. The van der Waals surface area contributed by atoms with Crippen LogP contribution in [0.1, 0.15) is 47.3 Å². The van der Waals surface area contributed by atoms with Crippen LogP contribution >= 0.6 is 0 Å². The minimum atomic E-state index is -1.11. The second-order valence-corrected chi connectivity index (χ2v) is 8.95. The summed E-state index contributed by atoms with van der Waals surface area (Å²) < 4.78 is 32.8. The highest BCUT2D eigenvalue weighted by molar-refractivity contribution is 5.94. The number of rotatable bonds is 12. The molecule has 0 spiro atoms. The first-order chi connectivity index (χ1) is 17.3. The van der Waals surface area contributed by atoms with E-state index in [4.69, 9.17) is 10.5 Å². The average molecular weight is 497 g/mol. The van der Waals surface area contributed by atoms with Crippen molar-refractivity contribution in [3.8, 4) is 5.75 Å². The first-order valence-electron chi connectivity index (χ1n) is 12.3. The first-order valence-corrected chi connectivity index (χ1v) is 12.3. The quantitative estimate of drug-likeness (QED) is 0.374. The summed E-state index contributed by atoms with van der Waals surface area (Å²) in [6, 6.07) is 17.2. The number of nitrogens with two attached hydrogens (primary N) is 1. The Labute approximate surface area is 211 Å². The van der Waals surface area contributed by atoms with E-state index in [1.807, 2.05) is 31.2 Å².